The van der Waals surface area contributed by atoms with Gasteiger partial charge in [0, 0.05) is 10.0 Å². The summed E-state index contributed by atoms with van der Waals surface area (Å²) in [6.07, 6.45) is 0. The molecule has 0 bridgehead atoms. The average molecular weight is 253 g/mol. The summed E-state index contributed by atoms with van der Waals surface area (Å²) in [5.74, 6) is 1.21. The van der Waals surface area contributed by atoms with E-state index in [0.717, 1.165) is 10.0 Å². The number of hydrogen-bond donors (Lipinski definition) is 0. The Morgan fingerprint density at radius 3 is 2.64 bits per heavy atom. The third-order valence-corrected chi connectivity index (χ3v) is 2.80. The van der Waals surface area contributed by atoms with Crippen LogP contribution in [0.15, 0.2) is 27.2 Å². The van der Waals surface area contributed by atoms with Crippen LogP contribution >= 0.6 is 15.9 Å². The molecule has 0 saturated heterocycles. The Bertz CT molecular complexity index is 465. The molecule has 0 spiro atoms. The first kappa shape index (κ1) is 9.40. The largest absolute Gasteiger partial charge is 0.334 e. The van der Waals surface area contributed by atoms with E-state index >= 15 is 0 Å². The molecule has 2 rings (SSSR count). The van der Waals surface area contributed by atoms with Crippen molar-refractivity contribution in [2.75, 3.05) is 0 Å². The molecule has 2 aromatic rings. The van der Waals surface area contributed by atoms with Gasteiger partial charge in [0.25, 0.3) is 5.89 Å². The Hall–Kier alpha value is -1.16. The Morgan fingerprint density at radius 1 is 1.29 bits per heavy atom. The fourth-order valence-electron chi connectivity index (χ4n) is 1.14. The third-order valence-electron chi connectivity index (χ3n) is 1.95. The molecule has 0 aliphatic rings. The SMILES string of the molecule is Cc1noc(-c2ccc(C)c(Br)c2)n1. The van der Waals surface area contributed by atoms with E-state index in [1.54, 1.807) is 6.92 Å². The zero-order valence-electron chi connectivity index (χ0n) is 7.91. The summed E-state index contributed by atoms with van der Waals surface area (Å²) < 4.78 is 6.11. The minimum absolute atomic E-state index is 0.559. The van der Waals surface area contributed by atoms with Gasteiger partial charge in [0.05, 0.1) is 0 Å². The van der Waals surface area contributed by atoms with Crippen molar-refractivity contribution in [3.8, 4) is 11.5 Å². The van der Waals surface area contributed by atoms with Gasteiger partial charge in [-0.3, -0.25) is 0 Å². The van der Waals surface area contributed by atoms with Gasteiger partial charge in [0.2, 0.25) is 0 Å². The van der Waals surface area contributed by atoms with Crippen LogP contribution in [-0.4, -0.2) is 10.1 Å². The van der Waals surface area contributed by atoms with E-state index in [1.807, 2.05) is 25.1 Å². The molecule has 0 aliphatic carbocycles. The van der Waals surface area contributed by atoms with Crippen molar-refractivity contribution in [1.82, 2.24) is 10.1 Å². The maximum Gasteiger partial charge on any atom is 0.257 e. The molecule has 14 heavy (non-hydrogen) atoms. The van der Waals surface area contributed by atoms with Gasteiger partial charge in [-0.25, -0.2) is 0 Å². The van der Waals surface area contributed by atoms with Gasteiger partial charge in [0.15, 0.2) is 5.82 Å². The predicted molar refractivity (Wildman–Crippen MR) is 56.9 cm³/mol. The number of nitrogens with zero attached hydrogens (tertiary/aromatic N) is 2. The third kappa shape index (κ3) is 1.70. The summed E-state index contributed by atoms with van der Waals surface area (Å²) in [4.78, 5) is 4.15. The Labute approximate surface area is 90.3 Å². The number of aromatic nitrogens is 2. The molecule has 0 radical (unpaired) electrons. The first-order chi connectivity index (χ1) is 6.66. The van der Waals surface area contributed by atoms with Crippen molar-refractivity contribution in [2.24, 2.45) is 0 Å². The van der Waals surface area contributed by atoms with E-state index in [9.17, 15) is 0 Å². The molecule has 0 unspecified atom stereocenters. The quantitative estimate of drug-likeness (QED) is 0.783. The molecule has 0 atom stereocenters. The molecule has 0 amide bonds. The van der Waals surface area contributed by atoms with E-state index in [1.165, 1.54) is 5.56 Å². The number of aryl methyl sites for hydroxylation is 2. The summed E-state index contributed by atoms with van der Waals surface area (Å²) in [6.45, 7) is 3.84. The van der Waals surface area contributed by atoms with Gasteiger partial charge in [-0.05, 0) is 31.5 Å². The highest BCUT2D eigenvalue weighted by Gasteiger charge is 2.06. The van der Waals surface area contributed by atoms with Crippen molar-refractivity contribution >= 4 is 15.9 Å². The highest BCUT2D eigenvalue weighted by atomic mass is 79.9. The summed E-state index contributed by atoms with van der Waals surface area (Å²) >= 11 is 3.46. The van der Waals surface area contributed by atoms with Gasteiger partial charge in [0.1, 0.15) is 0 Å². The fourth-order valence-corrected chi connectivity index (χ4v) is 1.52. The number of rotatable bonds is 1. The van der Waals surface area contributed by atoms with Crippen molar-refractivity contribution < 1.29 is 4.52 Å². The minimum atomic E-state index is 0.559. The van der Waals surface area contributed by atoms with Crippen molar-refractivity contribution in [3.63, 3.8) is 0 Å². The second-order valence-electron chi connectivity index (χ2n) is 3.11. The summed E-state index contributed by atoms with van der Waals surface area (Å²) in [7, 11) is 0. The van der Waals surface area contributed by atoms with Gasteiger partial charge < -0.3 is 4.52 Å². The van der Waals surface area contributed by atoms with Crippen LogP contribution in [0.25, 0.3) is 11.5 Å². The molecule has 72 valence electrons. The van der Waals surface area contributed by atoms with Crippen LogP contribution in [0.2, 0.25) is 0 Å². The summed E-state index contributed by atoms with van der Waals surface area (Å²) in [5, 5.41) is 3.74. The molecule has 1 heterocycles. The second-order valence-corrected chi connectivity index (χ2v) is 3.97. The monoisotopic (exact) mass is 252 g/mol. The Morgan fingerprint density at radius 2 is 2.07 bits per heavy atom. The van der Waals surface area contributed by atoms with Crippen molar-refractivity contribution in [1.29, 1.82) is 0 Å². The predicted octanol–water partition coefficient (Wildman–Crippen LogP) is 3.12. The van der Waals surface area contributed by atoms with Crippen LogP contribution in [0, 0.1) is 13.8 Å². The smallest absolute Gasteiger partial charge is 0.257 e. The Balaban J connectivity index is 2.47. The molecule has 1 aromatic heterocycles. The van der Waals surface area contributed by atoms with E-state index in [2.05, 4.69) is 26.1 Å². The minimum Gasteiger partial charge on any atom is -0.334 e. The standard InChI is InChI=1S/C10H9BrN2O/c1-6-3-4-8(5-9(6)11)10-12-7(2)13-14-10/h3-5H,1-2H3. The number of benzene rings is 1. The molecule has 0 aliphatic heterocycles. The summed E-state index contributed by atoms with van der Waals surface area (Å²) in [5.41, 5.74) is 2.12. The molecule has 1 aromatic carbocycles. The molecule has 3 nitrogen and oxygen atoms in total. The highest BCUT2D eigenvalue weighted by molar-refractivity contribution is 9.10. The normalized spacial score (nSPS) is 10.5. The van der Waals surface area contributed by atoms with E-state index in [4.69, 9.17) is 4.52 Å². The second kappa shape index (κ2) is 3.53. The first-order valence-corrected chi connectivity index (χ1v) is 5.03. The topological polar surface area (TPSA) is 38.9 Å². The van der Waals surface area contributed by atoms with E-state index < -0.39 is 0 Å². The lowest BCUT2D eigenvalue weighted by molar-refractivity contribution is 0.425. The highest BCUT2D eigenvalue weighted by Crippen LogP contribution is 2.24. The van der Waals surface area contributed by atoms with Gasteiger partial charge in [-0.1, -0.05) is 27.2 Å². The zero-order valence-corrected chi connectivity index (χ0v) is 9.50. The van der Waals surface area contributed by atoms with Crippen LogP contribution in [0.4, 0.5) is 0 Å². The fraction of sp³-hybridized carbons (Fsp3) is 0.200. The van der Waals surface area contributed by atoms with Gasteiger partial charge in [-0.15, -0.1) is 0 Å². The molecule has 0 saturated carbocycles. The number of hydrogen-bond acceptors (Lipinski definition) is 3. The average Bonchev–Trinajstić information content (AvgIpc) is 2.57. The van der Waals surface area contributed by atoms with E-state index in [-0.39, 0.29) is 0 Å². The Kier molecular flexibility index (Phi) is 2.37. The maximum atomic E-state index is 5.06. The lowest BCUT2D eigenvalue weighted by atomic mass is 10.1. The van der Waals surface area contributed by atoms with Crippen LogP contribution in [-0.2, 0) is 0 Å². The lowest BCUT2D eigenvalue weighted by Gasteiger charge is -1.98. The molecular weight excluding hydrogens is 244 g/mol. The summed E-state index contributed by atoms with van der Waals surface area (Å²) in [6, 6.07) is 5.95. The van der Waals surface area contributed by atoms with E-state index in [0.29, 0.717) is 11.7 Å². The molecule has 4 heteroatoms. The maximum absolute atomic E-state index is 5.06. The lowest BCUT2D eigenvalue weighted by Crippen LogP contribution is -1.80. The first-order valence-electron chi connectivity index (χ1n) is 4.23. The molecule has 0 N–H and O–H groups in total. The number of halogens is 1. The molecular formula is C10H9BrN2O. The van der Waals surface area contributed by atoms with Gasteiger partial charge >= 0.3 is 0 Å². The molecule has 0 fully saturated rings. The van der Waals surface area contributed by atoms with Crippen molar-refractivity contribution in [2.45, 2.75) is 13.8 Å². The van der Waals surface area contributed by atoms with Crippen LogP contribution in [0.3, 0.4) is 0 Å². The van der Waals surface area contributed by atoms with Crippen LogP contribution < -0.4 is 0 Å². The van der Waals surface area contributed by atoms with Crippen molar-refractivity contribution in [3.05, 3.63) is 34.1 Å². The van der Waals surface area contributed by atoms with Gasteiger partial charge in [-0.2, -0.15) is 4.98 Å². The van der Waals surface area contributed by atoms with Crippen LogP contribution in [0.1, 0.15) is 11.4 Å². The van der Waals surface area contributed by atoms with Crippen LogP contribution in [0.5, 0.6) is 0 Å². The zero-order chi connectivity index (χ0) is 10.1.